The minimum atomic E-state index is -0.294. The van der Waals surface area contributed by atoms with Gasteiger partial charge in [0.2, 0.25) is 0 Å². The number of benzene rings is 1. The van der Waals surface area contributed by atoms with Crippen LogP contribution in [0.25, 0.3) is 0 Å². The molecule has 1 aromatic carbocycles. The molecule has 0 saturated carbocycles. The van der Waals surface area contributed by atoms with E-state index in [0.717, 1.165) is 18.4 Å². The molecule has 0 amide bonds. The summed E-state index contributed by atoms with van der Waals surface area (Å²) in [7, 11) is 1.48. The van der Waals surface area contributed by atoms with Crippen molar-refractivity contribution < 1.29 is 9.13 Å². The summed E-state index contributed by atoms with van der Waals surface area (Å²) in [5, 5.41) is 0. The maximum absolute atomic E-state index is 12.9. The molecule has 0 unspecified atom stereocenters. The molecule has 12 heavy (non-hydrogen) atoms. The zero-order valence-corrected chi connectivity index (χ0v) is 7.43. The molecule has 0 heterocycles. The summed E-state index contributed by atoms with van der Waals surface area (Å²) in [4.78, 5) is 0. The lowest BCUT2D eigenvalue weighted by Gasteiger charge is -2.03. The van der Waals surface area contributed by atoms with Crippen molar-refractivity contribution in [2.24, 2.45) is 0 Å². The van der Waals surface area contributed by atoms with Crippen LogP contribution in [0.4, 0.5) is 4.39 Å². The van der Waals surface area contributed by atoms with E-state index in [0.29, 0.717) is 5.75 Å². The predicted octanol–water partition coefficient (Wildman–Crippen LogP) is 2.79. The Morgan fingerprint density at radius 3 is 2.75 bits per heavy atom. The topological polar surface area (TPSA) is 9.23 Å². The second-order valence-electron chi connectivity index (χ2n) is 2.72. The van der Waals surface area contributed by atoms with Crippen LogP contribution < -0.4 is 4.74 Å². The average Bonchev–Trinajstić information content (AvgIpc) is 2.09. The number of methoxy groups -OCH3 is 1. The smallest absolute Gasteiger partial charge is 0.165 e. The highest BCUT2D eigenvalue weighted by Gasteiger charge is 2.01. The van der Waals surface area contributed by atoms with E-state index in [2.05, 4.69) is 6.92 Å². The first-order valence-corrected chi connectivity index (χ1v) is 4.10. The van der Waals surface area contributed by atoms with Crippen molar-refractivity contribution in [3.63, 3.8) is 0 Å². The zero-order valence-electron chi connectivity index (χ0n) is 7.43. The molecule has 0 atom stereocenters. The monoisotopic (exact) mass is 168 g/mol. The van der Waals surface area contributed by atoms with Gasteiger partial charge in [0.25, 0.3) is 0 Å². The van der Waals surface area contributed by atoms with Crippen molar-refractivity contribution >= 4 is 0 Å². The molecule has 1 aromatic rings. The van der Waals surface area contributed by atoms with Gasteiger partial charge in [0.1, 0.15) is 0 Å². The van der Waals surface area contributed by atoms with Crippen molar-refractivity contribution in [3.8, 4) is 5.75 Å². The van der Waals surface area contributed by atoms with Gasteiger partial charge in [-0.25, -0.2) is 4.39 Å². The molecule has 0 aliphatic heterocycles. The number of halogens is 1. The standard InChI is InChI=1S/C10H13FO/c1-3-4-8-5-6-9(11)10(7-8)12-2/h5-7H,3-4H2,1-2H3. The highest BCUT2D eigenvalue weighted by atomic mass is 19.1. The highest BCUT2D eigenvalue weighted by molar-refractivity contribution is 5.30. The molecule has 0 aromatic heterocycles. The number of hydrogen-bond acceptors (Lipinski definition) is 1. The second-order valence-corrected chi connectivity index (χ2v) is 2.72. The van der Waals surface area contributed by atoms with Gasteiger partial charge in [-0.2, -0.15) is 0 Å². The summed E-state index contributed by atoms with van der Waals surface area (Å²) >= 11 is 0. The minimum absolute atomic E-state index is 0.294. The predicted molar refractivity (Wildman–Crippen MR) is 46.9 cm³/mol. The summed E-state index contributed by atoms with van der Waals surface area (Å²) in [6.45, 7) is 2.09. The molecule has 0 aliphatic rings. The van der Waals surface area contributed by atoms with Crippen LogP contribution in [0.2, 0.25) is 0 Å². The Hall–Kier alpha value is -1.05. The molecule has 1 nitrogen and oxygen atoms in total. The molecule has 0 bridgehead atoms. The Labute approximate surface area is 72.2 Å². The zero-order chi connectivity index (χ0) is 8.97. The molecule has 0 saturated heterocycles. The molecule has 2 heteroatoms. The SMILES string of the molecule is CCCc1ccc(F)c(OC)c1. The lowest BCUT2D eigenvalue weighted by molar-refractivity contribution is 0.386. The van der Waals surface area contributed by atoms with Gasteiger partial charge in [0.05, 0.1) is 7.11 Å². The van der Waals surface area contributed by atoms with Crippen molar-refractivity contribution in [1.29, 1.82) is 0 Å². The Bertz CT molecular complexity index is 258. The summed E-state index contributed by atoms with van der Waals surface area (Å²) in [5.41, 5.74) is 1.12. The molecule has 0 aliphatic carbocycles. The maximum Gasteiger partial charge on any atom is 0.165 e. The molecule has 0 spiro atoms. The fourth-order valence-corrected chi connectivity index (χ4v) is 1.15. The van der Waals surface area contributed by atoms with Crippen molar-refractivity contribution in [3.05, 3.63) is 29.6 Å². The molecule has 0 radical (unpaired) electrons. The van der Waals surface area contributed by atoms with Crippen LogP contribution in [-0.4, -0.2) is 7.11 Å². The Balaban J connectivity index is 2.89. The summed E-state index contributed by atoms with van der Waals surface area (Å²) < 4.78 is 17.7. The van der Waals surface area contributed by atoms with Crippen LogP contribution >= 0.6 is 0 Å². The van der Waals surface area contributed by atoms with Crippen molar-refractivity contribution in [1.82, 2.24) is 0 Å². The van der Waals surface area contributed by atoms with E-state index in [-0.39, 0.29) is 5.82 Å². The number of aryl methyl sites for hydroxylation is 1. The molecule has 1 rings (SSSR count). The number of ether oxygens (including phenoxy) is 1. The number of hydrogen-bond donors (Lipinski definition) is 0. The maximum atomic E-state index is 12.9. The molecule has 66 valence electrons. The van der Waals surface area contributed by atoms with E-state index < -0.39 is 0 Å². The quantitative estimate of drug-likeness (QED) is 0.674. The van der Waals surface area contributed by atoms with Crippen molar-refractivity contribution in [2.75, 3.05) is 7.11 Å². The molecule has 0 fully saturated rings. The van der Waals surface area contributed by atoms with Gasteiger partial charge in [-0.15, -0.1) is 0 Å². The van der Waals surface area contributed by atoms with Gasteiger partial charge >= 0.3 is 0 Å². The van der Waals surface area contributed by atoms with Crippen LogP contribution in [0.15, 0.2) is 18.2 Å². The lowest BCUT2D eigenvalue weighted by Crippen LogP contribution is -1.90. The number of rotatable bonds is 3. The van der Waals surface area contributed by atoms with E-state index in [1.54, 1.807) is 12.1 Å². The summed E-state index contributed by atoms with van der Waals surface area (Å²) in [6.07, 6.45) is 2.03. The van der Waals surface area contributed by atoms with E-state index in [1.165, 1.54) is 13.2 Å². The van der Waals surface area contributed by atoms with Crippen LogP contribution in [0.3, 0.4) is 0 Å². The van der Waals surface area contributed by atoms with Gasteiger partial charge in [-0.1, -0.05) is 19.4 Å². The van der Waals surface area contributed by atoms with Gasteiger partial charge in [0.15, 0.2) is 11.6 Å². The van der Waals surface area contributed by atoms with Crippen LogP contribution in [0, 0.1) is 5.82 Å². The average molecular weight is 168 g/mol. The van der Waals surface area contributed by atoms with Gasteiger partial charge < -0.3 is 4.74 Å². The summed E-state index contributed by atoms with van der Waals surface area (Å²) in [5.74, 6) is 0.0401. The first-order chi connectivity index (χ1) is 5.77. The fourth-order valence-electron chi connectivity index (χ4n) is 1.15. The largest absolute Gasteiger partial charge is 0.494 e. The first-order valence-electron chi connectivity index (χ1n) is 4.10. The van der Waals surface area contributed by atoms with Crippen LogP contribution in [0.5, 0.6) is 5.75 Å². The van der Waals surface area contributed by atoms with Crippen LogP contribution in [0.1, 0.15) is 18.9 Å². The van der Waals surface area contributed by atoms with E-state index >= 15 is 0 Å². The van der Waals surface area contributed by atoms with E-state index in [9.17, 15) is 4.39 Å². The Morgan fingerprint density at radius 1 is 1.42 bits per heavy atom. The fraction of sp³-hybridized carbons (Fsp3) is 0.400. The lowest BCUT2D eigenvalue weighted by atomic mass is 10.1. The third-order valence-electron chi connectivity index (χ3n) is 1.75. The molecule has 0 N–H and O–H groups in total. The molecular formula is C10H13FO. The van der Waals surface area contributed by atoms with Gasteiger partial charge in [0, 0.05) is 0 Å². The highest BCUT2D eigenvalue weighted by Crippen LogP contribution is 2.18. The van der Waals surface area contributed by atoms with Gasteiger partial charge in [-0.3, -0.25) is 0 Å². The van der Waals surface area contributed by atoms with Crippen LogP contribution in [-0.2, 0) is 6.42 Å². The minimum Gasteiger partial charge on any atom is -0.494 e. The third kappa shape index (κ3) is 1.97. The molecular weight excluding hydrogens is 155 g/mol. The van der Waals surface area contributed by atoms with E-state index in [4.69, 9.17) is 4.74 Å². The first kappa shape index (κ1) is 9.04. The van der Waals surface area contributed by atoms with E-state index in [1.807, 2.05) is 0 Å². The second kappa shape index (κ2) is 4.10. The Kier molecular flexibility index (Phi) is 3.09. The Morgan fingerprint density at radius 2 is 2.17 bits per heavy atom. The van der Waals surface area contributed by atoms with Gasteiger partial charge in [-0.05, 0) is 24.1 Å². The normalized spacial score (nSPS) is 9.92. The van der Waals surface area contributed by atoms with Crippen molar-refractivity contribution in [2.45, 2.75) is 19.8 Å². The third-order valence-corrected chi connectivity index (χ3v) is 1.75. The summed E-state index contributed by atoms with van der Waals surface area (Å²) in [6, 6.07) is 4.99.